The second kappa shape index (κ2) is 15.9. The summed E-state index contributed by atoms with van der Waals surface area (Å²) in [5.74, 6) is 0.561. The summed E-state index contributed by atoms with van der Waals surface area (Å²) < 4.78 is 17.1. The molecule has 0 atom stereocenters. The monoisotopic (exact) mass is 613 g/mol. The SMILES string of the molecule is [C-]#[N+]C(C(=O)OC)=C1Sc2c(OC(=O)C3CCC(CCCC)CC3)ccc(OC(=O)C3CCC(CCCC)CC3)c2S1. The molecule has 42 heavy (non-hydrogen) atoms. The Bertz CT molecular complexity index is 1130. The molecule has 1 aromatic carbocycles. The molecule has 0 radical (unpaired) electrons. The largest absolute Gasteiger partial charge is 0.474 e. The zero-order valence-electron chi connectivity index (χ0n) is 25.1. The Hall–Kier alpha value is -2.44. The minimum atomic E-state index is -0.732. The van der Waals surface area contributed by atoms with Crippen molar-refractivity contribution in [3.63, 3.8) is 0 Å². The Morgan fingerprint density at radius 3 is 1.57 bits per heavy atom. The molecular formula is C33H43NO6S2. The van der Waals surface area contributed by atoms with E-state index in [4.69, 9.17) is 20.8 Å². The quantitative estimate of drug-likeness (QED) is 0.106. The van der Waals surface area contributed by atoms with Gasteiger partial charge < -0.3 is 14.2 Å². The van der Waals surface area contributed by atoms with Crippen molar-refractivity contribution in [2.75, 3.05) is 7.11 Å². The van der Waals surface area contributed by atoms with Crippen LogP contribution >= 0.6 is 23.5 Å². The molecule has 2 aliphatic carbocycles. The van der Waals surface area contributed by atoms with Crippen LogP contribution in [0.5, 0.6) is 11.5 Å². The number of thioether (sulfide) groups is 2. The van der Waals surface area contributed by atoms with Gasteiger partial charge in [-0.25, -0.2) is 4.85 Å². The van der Waals surface area contributed by atoms with E-state index in [1.165, 1.54) is 69.2 Å². The number of methoxy groups -OCH3 is 1. The molecule has 3 aliphatic rings. The number of unbranched alkanes of at least 4 members (excludes halogenated alkanes) is 2. The van der Waals surface area contributed by atoms with Gasteiger partial charge in [0.2, 0.25) is 0 Å². The fraction of sp³-hybridized carbons (Fsp3) is 0.636. The van der Waals surface area contributed by atoms with E-state index in [9.17, 15) is 14.4 Å². The molecule has 7 nitrogen and oxygen atoms in total. The second-order valence-corrected chi connectivity index (χ2v) is 14.0. The highest BCUT2D eigenvalue weighted by Crippen LogP contribution is 2.59. The lowest BCUT2D eigenvalue weighted by atomic mass is 9.80. The van der Waals surface area contributed by atoms with E-state index in [-0.39, 0.29) is 29.5 Å². The van der Waals surface area contributed by atoms with Gasteiger partial charge in [-0.2, -0.15) is 0 Å². The maximum absolute atomic E-state index is 13.2. The van der Waals surface area contributed by atoms with E-state index in [1.807, 2.05) is 0 Å². The van der Waals surface area contributed by atoms with Crippen LogP contribution in [0.3, 0.4) is 0 Å². The van der Waals surface area contributed by atoms with E-state index in [2.05, 4.69) is 18.7 Å². The Balaban J connectivity index is 1.50. The van der Waals surface area contributed by atoms with Crippen molar-refractivity contribution in [2.24, 2.45) is 23.7 Å². The van der Waals surface area contributed by atoms with E-state index in [0.717, 1.165) is 51.4 Å². The van der Waals surface area contributed by atoms with Gasteiger partial charge in [0.25, 0.3) is 5.70 Å². The third kappa shape index (κ3) is 8.13. The average Bonchev–Trinajstić information content (AvgIpc) is 3.46. The summed E-state index contributed by atoms with van der Waals surface area (Å²) in [5, 5.41) is 0. The summed E-state index contributed by atoms with van der Waals surface area (Å²) in [5.41, 5.74) is -0.144. The first-order valence-corrected chi connectivity index (χ1v) is 17.2. The molecule has 4 rings (SSSR count). The van der Waals surface area contributed by atoms with E-state index in [0.29, 0.717) is 37.4 Å². The number of hydrogen-bond acceptors (Lipinski definition) is 8. The van der Waals surface area contributed by atoms with Crippen molar-refractivity contribution in [1.29, 1.82) is 0 Å². The average molecular weight is 614 g/mol. The van der Waals surface area contributed by atoms with Gasteiger partial charge in [0.1, 0.15) is 11.5 Å². The Labute approximate surface area is 258 Å². The molecule has 9 heteroatoms. The number of hydrogen-bond donors (Lipinski definition) is 0. The van der Waals surface area contributed by atoms with Crippen molar-refractivity contribution >= 4 is 41.4 Å². The number of carbonyl (C=O) groups is 3. The van der Waals surface area contributed by atoms with Gasteiger partial charge in [-0.3, -0.25) is 14.4 Å². The molecule has 2 saturated carbocycles. The Kier molecular flexibility index (Phi) is 12.3. The predicted octanol–water partition coefficient (Wildman–Crippen LogP) is 8.95. The van der Waals surface area contributed by atoms with E-state index >= 15 is 0 Å². The number of rotatable bonds is 11. The number of carbonyl (C=O) groups excluding carboxylic acids is 3. The number of esters is 3. The van der Waals surface area contributed by atoms with E-state index < -0.39 is 5.97 Å². The fourth-order valence-corrected chi connectivity index (χ4v) is 8.74. The van der Waals surface area contributed by atoms with Crippen LogP contribution in [0.2, 0.25) is 0 Å². The lowest BCUT2D eigenvalue weighted by Crippen LogP contribution is -2.26. The molecule has 0 unspecified atom stereocenters. The van der Waals surface area contributed by atoms with Gasteiger partial charge in [0.05, 0.1) is 39.5 Å². The third-order valence-corrected chi connectivity index (χ3v) is 11.4. The van der Waals surface area contributed by atoms with Crippen LogP contribution in [0.25, 0.3) is 4.85 Å². The fourth-order valence-electron chi connectivity index (χ4n) is 6.20. The highest BCUT2D eigenvalue weighted by Gasteiger charge is 2.35. The summed E-state index contributed by atoms with van der Waals surface area (Å²) in [4.78, 5) is 43.3. The normalized spacial score (nSPS) is 23.4. The van der Waals surface area contributed by atoms with Crippen molar-refractivity contribution in [3.8, 4) is 11.5 Å². The van der Waals surface area contributed by atoms with Crippen LogP contribution in [0.15, 0.2) is 31.9 Å². The lowest BCUT2D eigenvalue weighted by molar-refractivity contribution is -0.141. The predicted molar refractivity (Wildman–Crippen MR) is 165 cm³/mol. The summed E-state index contributed by atoms with van der Waals surface area (Å²) >= 11 is 2.36. The highest BCUT2D eigenvalue weighted by molar-refractivity contribution is 8.24. The van der Waals surface area contributed by atoms with Crippen LogP contribution in [-0.2, 0) is 19.1 Å². The van der Waals surface area contributed by atoms with Gasteiger partial charge in [0, 0.05) is 0 Å². The van der Waals surface area contributed by atoms with Crippen LogP contribution in [0.1, 0.15) is 104 Å². The van der Waals surface area contributed by atoms with Gasteiger partial charge in [-0.15, -0.1) is 0 Å². The molecule has 0 saturated heterocycles. The topological polar surface area (TPSA) is 83.3 Å². The Morgan fingerprint density at radius 1 is 0.786 bits per heavy atom. The number of fused-ring (bicyclic) bond motifs is 1. The molecule has 1 heterocycles. The summed E-state index contributed by atoms with van der Waals surface area (Å²) in [6.45, 7) is 12.0. The zero-order chi connectivity index (χ0) is 30.1. The first kappa shape index (κ1) is 32.5. The molecule has 2 fully saturated rings. The van der Waals surface area contributed by atoms with Crippen molar-refractivity contribution in [1.82, 2.24) is 0 Å². The van der Waals surface area contributed by atoms with E-state index in [1.54, 1.807) is 12.1 Å². The van der Waals surface area contributed by atoms with Gasteiger partial charge in [-0.05, 0) is 75.3 Å². The maximum Gasteiger partial charge on any atom is 0.337 e. The molecular weight excluding hydrogens is 570 g/mol. The Morgan fingerprint density at radius 2 is 1.21 bits per heavy atom. The highest BCUT2D eigenvalue weighted by atomic mass is 32.2. The minimum absolute atomic E-state index is 0.144. The number of benzene rings is 1. The van der Waals surface area contributed by atoms with Crippen molar-refractivity contribution in [3.05, 3.63) is 33.5 Å². The van der Waals surface area contributed by atoms with Crippen LogP contribution in [0, 0.1) is 30.2 Å². The first-order valence-electron chi connectivity index (χ1n) is 15.5. The standard InChI is InChI=1S/C33H43NO6S2/c1-5-7-9-21-11-15-23(16-12-21)30(35)39-25-19-20-26(29-28(25)41-33(42-29)27(34-3)32(37)38-4)40-31(36)24-17-13-22(14-18-24)10-8-6-2/h19-24H,5-18H2,1-2,4H3. The molecule has 1 aromatic rings. The van der Waals surface area contributed by atoms with Gasteiger partial charge in [-0.1, -0.05) is 75.9 Å². The molecule has 0 spiro atoms. The molecule has 0 amide bonds. The smallest absolute Gasteiger partial charge is 0.337 e. The van der Waals surface area contributed by atoms with Crippen LogP contribution < -0.4 is 9.47 Å². The van der Waals surface area contributed by atoms with Gasteiger partial charge in [0.15, 0.2) is 0 Å². The van der Waals surface area contributed by atoms with Crippen molar-refractivity contribution in [2.45, 2.75) is 114 Å². The summed E-state index contributed by atoms with van der Waals surface area (Å²) in [6, 6.07) is 3.33. The molecule has 228 valence electrons. The molecule has 0 N–H and O–H groups in total. The summed E-state index contributed by atoms with van der Waals surface area (Å²) in [6.07, 6.45) is 14.7. The molecule has 0 aromatic heterocycles. The first-order chi connectivity index (χ1) is 20.4. The van der Waals surface area contributed by atoms with Crippen LogP contribution in [0.4, 0.5) is 0 Å². The third-order valence-electron chi connectivity index (χ3n) is 8.83. The lowest BCUT2D eigenvalue weighted by Gasteiger charge is -2.27. The number of nitrogens with zero attached hydrogens (tertiary/aromatic N) is 1. The van der Waals surface area contributed by atoms with Gasteiger partial charge >= 0.3 is 17.9 Å². The van der Waals surface area contributed by atoms with Crippen molar-refractivity contribution < 1.29 is 28.6 Å². The zero-order valence-corrected chi connectivity index (χ0v) is 26.7. The summed E-state index contributed by atoms with van der Waals surface area (Å²) in [7, 11) is 1.24. The minimum Gasteiger partial charge on any atom is -0.474 e. The molecule has 1 aliphatic heterocycles. The number of ether oxygens (including phenoxy) is 3. The second-order valence-electron chi connectivity index (χ2n) is 11.7. The molecule has 0 bridgehead atoms. The van der Waals surface area contributed by atoms with Crippen LogP contribution in [-0.4, -0.2) is 25.0 Å². The maximum atomic E-state index is 13.2.